The molecule has 2 fully saturated rings. The van der Waals surface area contributed by atoms with E-state index in [1.807, 2.05) is 0 Å². The zero-order chi connectivity index (χ0) is 41.3. The number of rotatable bonds is 10. The van der Waals surface area contributed by atoms with Crippen molar-refractivity contribution < 1.29 is 20.8 Å². The fourth-order valence-electron chi connectivity index (χ4n) is 9.24. The van der Waals surface area contributed by atoms with E-state index in [0.717, 1.165) is 21.4 Å². The standard InChI is InChI=1S/2C26H31.C2H6Si.2ClH.Zr/c2*1-3-19(2)22-12-14-23(15-13-22)25-11-7-10-24-17-21(18-26(24)25)16-20-8-5-4-6-9-20;1-3-2;;;/h2*7,10-15,17-20H,3-6,8-9,16H2,1-2H3;1-2H3;2*1H;/q2*-1;;;;+4/p-2. The van der Waals surface area contributed by atoms with Crippen LogP contribution >= 0.6 is 17.0 Å². The van der Waals surface area contributed by atoms with E-state index in [1.165, 1.54) is 156 Å². The van der Waals surface area contributed by atoms with Crippen molar-refractivity contribution in [2.75, 3.05) is 0 Å². The van der Waals surface area contributed by atoms with Crippen molar-refractivity contribution in [3.8, 4) is 22.3 Å². The fraction of sp³-hybridized carbons (Fsp3) is 0.444. The van der Waals surface area contributed by atoms with Gasteiger partial charge in [0.1, 0.15) is 0 Å². The molecular formula is C54H68Cl2SiZr. The van der Waals surface area contributed by atoms with E-state index in [1.54, 1.807) is 0 Å². The Bertz CT molecular complexity index is 1890. The quantitative estimate of drug-likeness (QED) is 0.0949. The molecule has 0 aromatic heterocycles. The topological polar surface area (TPSA) is 0 Å². The third kappa shape index (κ3) is 13.4. The van der Waals surface area contributed by atoms with Crippen LogP contribution in [-0.2, 0) is 33.7 Å². The second-order valence-corrected chi connectivity index (χ2v) is 21.9. The second-order valence-electron chi connectivity index (χ2n) is 17.2. The van der Waals surface area contributed by atoms with Crippen molar-refractivity contribution >= 4 is 48.1 Å². The third-order valence-corrected chi connectivity index (χ3v) is 12.9. The molecule has 2 aliphatic carbocycles. The summed E-state index contributed by atoms with van der Waals surface area (Å²) in [7, 11) is 11.0. The van der Waals surface area contributed by atoms with E-state index in [0.29, 0.717) is 11.8 Å². The number of benzene rings is 4. The molecule has 8 rings (SSSR count). The van der Waals surface area contributed by atoms with Crippen molar-refractivity contribution in [3.05, 3.63) is 131 Å². The molecule has 6 aromatic carbocycles. The summed E-state index contributed by atoms with van der Waals surface area (Å²) < 4.78 is 0. The van der Waals surface area contributed by atoms with Crippen LogP contribution in [0.15, 0.2) is 109 Å². The summed E-state index contributed by atoms with van der Waals surface area (Å²) in [6.07, 6.45) is 19.2. The summed E-state index contributed by atoms with van der Waals surface area (Å²) in [5, 5.41) is 5.66. The number of halogens is 2. The van der Waals surface area contributed by atoms with Gasteiger partial charge in [-0.3, -0.25) is 0 Å². The molecule has 0 bridgehead atoms. The molecule has 2 radical (unpaired) electrons. The van der Waals surface area contributed by atoms with Crippen LogP contribution in [0.1, 0.15) is 139 Å². The number of hydrogen-bond donors (Lipinski definition) is 0. The van der Waals surface area contributed by atoms with Crippen molar-refractivity contribution in [1.29, 1.82) is 0 Å². The predicted octanol–water partition coefficient (Wildman–Crippen LogP) is 17.9. The maximum atomic E-state index is 4.93. The van der Waals surface area contributed by atoms with Gasteiger partial charge in [-0.05, 0) is 71.6 Å². The monoisotopic (exact) mass is 904 g/mol. The molecular weight excluding hydrogens is 839 g/mol. The van der Waals surface area contributed by atoms with Gasteiger partial charge >= 0.3 is 37.9 Å². The zero-order valence-electron chi connectivity index (χ0n) is 36.4. The Morgan fingerprint density at radius 3 is 1.24 bits per heavy atom. The molecule has 2 saturated carbocycles. The zero-order valence-corrected chi connectivity index (χ0v) is 41.3. The number of hydrogen-bond acceptors (Lipinski definition) is 0. The Hall–Kier alpha value is -2.22. The number of fused-ring (bicyclic) bond motifs is 2. The van der Waals surface area contributed by atoms with E-state index in [9.17, 15) is 0 Å². The van der Waals surface area contributed by atoms with Gasteiger partial charge in [-0.15, -0.1) is 69.1 Å². The van der Waals surface area contributed by atoms with E-state index in [-0.39, 0.29) is 0 Å². The third-order valence-electron chi connectivity index (χ3n) is 12.9. The van der Waals surface area contributed by atoms with Gasteiger partial charge in [0, 0.05) is 9.52 Å². The Kier molecular flexibility index (Phi) is 20.1. The van der Waals surface area contributed by atoms with E-state index >= 15 is 0 Å². The van der Waals surface area contributed by atoms with Gasteiger partial charge in [-0.1, -0.05) is 177 Å². The SMILES string of the molecule is CCC(C)c1ccc(-c2cccc3[cH-]c(CC4CCCCC4)cc23)cc1.CCC(C)c1ccc(-c2cccc3[cH-]c(CC4CCCCC4)cc23)cc1.C[Si]C.[Cl][Zr+2][Cl]. The van der Waals surface area contributed by atoms with Crippen LogP contribution in [0.5, 0.6) is 0 Å². The minimum absolute atomic E-state index is 0.640. The average molecular weight is 907 g/mol. The molecule has 0 amide bonds. The van der Waals surface area contributed by atoms with E-state index in [2.05, 4.69) is 150 Å². The molecule has 0 nitrogen and oxygen atoms in total. The summed E-state index contributed by atoms with van der Waals surface area (Å²) in [4.78, 5) is 0. The van der Waals surface area contributed by atoms with Gasteiger partial charge in [0.15, 0.2) is 0 Å². The summed E-state index contributed by atoms with van der Waals surface area (Å²) >= 11 is -0.826. The molecule has 0 N–H and O–H groups in total. The van der Waals surface area contributed by atoms with Crippen LogP contribution in [0.3, 0.4) is 0 Å². The van der Waals surface area contributed by atoms with Crippen LogP contribution < -0.4 is 0 Å². The van der Waals surface area contributed by atoms with Gasteiger partial charge in [-0.2, -0.15) is 12.1 Å². The molecule has 2 atom stereocenters. The van der Waals surface area contributed by atoms with Crippen molar-refractivity contribution in [2.24, 2.45) is 11.8 Å². The average Bonchev–Trinajstić information content (AvgIpc) is 3.88. The van der Waals surface area contributed by atoms with Crippen LogP contribution in [0, 0.1) is 11.8 Å². The molecule has 6 aromatic rings. The molecule has 58 heavy (non-hydrogen) atoms. The Balaban J connectivity index is 0.000000195. The molecule has 2 aliphatic rings. The molecule has 4 heteroatoms. The van der Waals surface area contributed by atoms with Crippen LogP contribution in [0.2, 0.25) is 13.1 Å². The molecule has 0 saturated heterocycles. The van der Waals surface area contributed by atoms with Gasteiger partial charge < -0.3 is 0 Å². The summed E-state index contributed by atoms with van der Waals surface area (Å²) in [5.74, 6) is 3.08. The van der Waals surface area contributed by atoms with E-state index in [4.69, 9.17) is 17.0 Å². The Morgan fingerprint density at radius 2 is 0.914 bits per heavy atom. The van der Waals surface area contributed by atoms with Gasteiger partial charge in [0.05, 0.1) is 0 Å². The molecule has 306 valence electrons. The first-order valence-corrected chi connectivity index (χ1v) is 30.8. The maximum absolute atomic E-state index is 4.93. The molecule has 0 heterocycles. The van der Waals surface area contributed by atoms with Gasteiger partial charge in [0.2, 0.25) is 0 Å². The summed E-state index contributed by atoms with van der Waals surface area (Å²) in [6, 6.07) is 41.8. The molecule has 0 aliphatic heterocycles. The van der Waals surface area contributed by atoms with Crippen LogP contribution in [-0.4, -0.2) is 9.52 Å². The van der Waals surface area contributed by atoms with Gasteiger partial charge in [-0.25, -0.2) is 0 Å². The van der Waals surface area contributed by atoms with Crippen molar-refractivity contribution in [3.63, 3.8) is 0 Å². The normalized spacial score (nSPS) is 15.6. The van der Waals surface area contributed by atoms with Crippen LogP contribution in [0.4, 0.5) is 0 Å². The van der Waals surface area contributed by atoms with Crippen LogP contribution in [0.25, 0.3) is 43.8 Å². The minimum atomic E-state index is -0.826. The summed E-state index contributed by atoms with van der Waals surface area (Å²) in [5.41, 5.74) is 11.4. The van der Waals surface area contributed by atoms with E-state index < -0.39 is 20.8 Å². The first-order chi connectivity index (χ1) is 28.3. The fourth-order valence-corrected chi connectivity index (χ4v) is 9.24. The van der Waals surface area contributed by atoms with Crippen molar-refractivity contribution in [2.45, 2.75) is 143 Å². The van der Waals surface area contributed by atoms with Gasteiger partial charge in [0.25, 0.3) is 0 Å². The second kappa shape index (κ2) is 24.9. The van der Waals surface area contributed by atoms with Crippen molar-refractivity contribution in [1.82, 2.24) is 0 Å². The molecule has 0 spiro atoms. The molecule has 2 unspecified atom stereocenters. The summed E-state index contributed by atoms with van der Waals surface area (Å²) in [6.45, 7) is 13.4. The Labute approximate surface area is 374 Å². The Morgan fingerprint density at radius 1 is 0.569 bits per heavy atom. The predicted molar refractivity (Wildman–Crippen MR) is 257 cm³/mol. The first kappa shape index (κ1) is 46.8. The first-order valence-electron chi connectivity index (χ1n) is 22.4.